The van der Waals surface area contributed by atoms with E-state index in [1.54, 1.807) is 0 Å². The predicted molar refractivity (Wildman–Crippen MR) is 92.6 cm³/mol. The molecule has 2 aromatic rings. The van der Waals surface area contributed by atoms with Crippen molar-refractivity contribution in [1.29, 1.82) is 0 Å². The fraction of sp³-hybridized carbons (Fsp3) is 0.421. The van der Waals surface area contributed by atoms with Crippen LogP contribution in [0.1, 0.15) is 18.2 Å². The van der Waals surface area contributed by atoms with Crippen LogP contribution in [0.15, 0.2) is 40.8 Å². The molecule has 1 unspecified atom stereocenters. The van der Waals surface area contributed by atoms with Crippen LogP contribution >= 0.6 is 0 Å². The molecular weight excluding hydrogens is 304 g/mol. The van der Waals surface area contributed by atoms with Crippen LogP contribution in [0.3, 0.4) is 0 Å². The van der Waals surface area contributed by atoms with Gasteiger partial charge in [-0.15, -0.1) is 0 Å². The first-order valence-electron chi connectivity index (χ1n) is 8.34. The summed E-state index contributed by atoms with van der Waals surface area (Å²) in [5.41, 5.74) is 2.33. The molecule has 1 amide bonds. The molecule has 0 aliphatic carbocycles. The average Bonchev–Trinajstić information content (AvgIpc) is 3.02. The lowest BCUT2D eigenvalue weighted by Gasteiger charge is -2.32. The molecule has 1 N–H and O–H groups in total. The summed E-state index contributed by atoms with van der Waals surface area (Å²) in [6, 6.07) is 12.4. The van der Waals surface area contributed by atoms with Crippen LogP contribution in [-0.4, -0.2) is 43.2 Å². The molecule has 0 radical (unpaired) electrons. The lowest BCUT2D eigenvalue weighted by molar-refractivity contribution is -0.120. The highest BCUT2D eigenvalue weighted by Gasteiger charge is 2.21. The second-order valence-corrected chi connectivity index (χ2v) is 6.30. The van der Waals surface area contributed by atoms with Gasteiger partial charge in [-0.1, -0.05) is 29.8 Å². The van der Waals surface area contributed by atoms with Gasteiger partial charge >= 0.3 is 0 Å². The molecule has 128 valence electrons. The van der Waals surface area contributed by atoms with Crippen molar-refractivity contribution < 1.29 is 13.9 Å². The van der Waals surface area contributed by atoms with Gasteiger partial charge in [-0.2, -0.15) is 0 Å². The molecule has 1 atom stereocenters. The Bertz CT molecular complexity index is 678. The number of benzene rings is 1. The smallest absolute Gasteiger partial charge is 0.216 e. The molecule has 5 heteroatoms. The van der Waals surface area contributed by atoms with E-state index in [0.717, 1.165) is 36.7 Å². The summed E-state index contributed by atoms with van der Waals surface area (Å²) < 4.78 is 11.7. The van der Waals surface area contributed by atoms with Crippen LogP contribution in [0.4, 0.5) is 0 Å². The molecule has 1 aromatic heterocycles. The Morgan fingerprint density at radius 1 is 1.25 bits per heavy atom. The van der Waals surface area contributed by atoms with Crippen molar-refractivity contribution in [2.45, 2.75) is 26.5 Å². The molecule has 1 aliphatic rings. The number of hydrogen-bond acceptors (Lipinski definition) is 4. The largest absolute Gasteiger partial charge is 0.460 e. The second kappa shape index (κ2) is 7.64. The Morgan fingerprint density at radius 2 is 2.04 bits per heavy atom. The Labute approximate surface area is 142 Å². The van der Waals surface area contributed by atoms with E-state index in [2.05, 4.69) is 41.4 Å². The van der Waals surface area contributed by atoms with Crippen molar-refractivity contribution in [2.24, 2.45) is 0 Å². The number of rotatable bonds is 5. The molecule has 1 aliphatic heterocycles. The number of hydrogen-bond donors (Lipinski definition) is 1. The maximum absolute atomic E-state index is 11.0. The molecule has 5 nitrogen and oxygen atoms in total. The molecule has 3 rings (SSSR count). The highest BCUT2D eigenvalue weighted by atomic mass is 16.5. The Kier molecular flexibility index (Phi) is 5.33. The molecule has 1 fully saturated rings. The summed E-state index contributed by atoms with van der Waals surface area (Å²) in [6.45, 7) is 7.25. The normalized spacial score (nSPS) is 18.5. The Balaban J connectivity index is 1.58. The van der Waals surface area contributed by atoms with E-state index in [1.807, 2.05) is 12.1 Å². The van der Waals surface area contributed by atoms with Crippen molar-refractivity contribution in [1.82, 2.24) is 10.2 Å². The standard InChI is InChI=1S/C19H24N2O3/c1-14-3-5-16(6-4-14)19-8-7-17(24-19)12-21-9-10-23-18(13-21)11-20-15(2)22/h3-8,18H,9-13H2,1-2H3,(H,20,22). The van der Waals surface area contributed by atoms with Gasteiger partial charge in [0.25, 0.3) is 0 Å². The number of amides is 1. The van der Waals surface area contributed by atoms with Gasteiger partial charge < -0.3 is 14.5 Å². The third kappa shape index (κ3) is 4.46. The van der Waals surface area contributed by atoms with Gasteiger partial charge in [-0.25, -0.2) is 0 Å². The van der Waals surface area contributed by atoms with Crippen LogP contribution in [-0.2, 0) is 16.1 Å². The lowest BCUT2D eigenvalue weighted by atomic mass is 10.1. The summed E-state index contributed by atoms with van der Waals surface area (Å²) >= 11 is 0. The fourth-order valence-corrected chi connectivity index (χ4v) is 2.86. The van der Waals surface area contributed by atoms with E-state index >= 15 is 0 Å². The Morgan fingerprint density at radius 3 is 2.79 bits per heavy atom. The number of carbonyl (C=O) groups is 1. The van der Waals surface area contributed by atoms with E-state index < -0.39 is 0 Å². The highest BCUT2D eigenvalue weighted by Crippen LogP contribution is 2.23. The minimum Gasteiger partial charge on any atom is -0.460 e. The number of carbonyl (C=O) groups excluding carboxylic acids is 1. The van der Waals surface area contributed by atoms with Crippen molar-refractivity contribution in [2.75, 3.05) is 26.2 Å². The summed E-state index contributed by atoms with van der Waals surface area (Å²) in [6.07, 6.45) is 0.0363. The van der Waals surface area contributed by atoms with E-state index in [9.17, 15) is 4.79 Å². The molecule has 2 heterocycles. The first kappa shape index (κ1) is 16.7. The van der Waals surface area contributed by atoms with Crippen molar-refractivity contribution in [3.05, 3.63) is 47.7 Å². The molecule has 0 bridgehead atoms. The van der Waals surface area contributed by atoms with Crippen molar-refractivity contribution >= 4 is 5.91 Å². The van der Waals surface area contributed by atoms with Crippen molar-refractivity contribution in [3.8, 4) is 11.3 Å². The predicted octanol–water partition coefficient (Wildman–Crippen LogP) is 2.59. The third-order valence-corrected chi connectivity index (χ3v) is 4.18. The molecular formula is C19H24N2O3. The summed E-state index contributed by atoms with van der Waals surface area (Å²) in [5.74, 6) is 1.82. The Hall–Kier alpha value is -2.11. The van der Waals surface area contributed by atoms with Gasteiger partial charge in [0.1, 0.15) is 11.5 Å². The van der Waals surface area contributed by atoms with Crippen LogP contribution < -0.4 is 5.32 Å². The summed E-state index contributed by atoms with van der Waals surface area (Å²) in [4.78, 5) is 13.3. The number of nitrogens with one attached hydrogen (secondary N) is 1. The second-order valence-electron chi connectivity index (χ2n) is 6.30. The van der Waals surface area contributed by atoms with Crippen LogP contribution in [0, 0.1) is 6.92 Å². The fourth-order valence-electron chi connectivity index (χ4n) is 2.86. The molecule has 0 saturated carbocycles. The van der Waals surface area contributed by atoms with Gasteiger partial charge in [0.2, 0.25) is 5.91 Å². The van der Waals surface area contributed by atoms with Gasteiger partial charge in [0, 0.05) is 32.1 Å². The first-order valence-corrected chi connectivity index (χ1v) is 8.34. The number of ether oxygens (including phenoxy) is 1. The van der Waals surface area contributed by atoms with Crippen LogP contribution in [0.5, 0.6) is 0 Å². The number of nitrogens with zero attached hydrogens (tertiary/aromatic N) is 1. The number of furan rings is 1. The minimum atomic E-state index is -0.0236. The quantitative estimate of drug-likeness (QED) is 0.917. The van der Waals surface area contributed by atoms with Crippen molar-refractivity contribution in [3.63, 3.8) is 0 Å². The van der Waals surface area contributed by atoms with Gasteiger partial charge in [-0.05, 0) is 19.1 Å². The highest BCUT2D eigenvalue weighted by molar-refractivity contribution is 5.72. The SMILES string of the molecule is CC(=O)NCC1CN(Cc2ccc(-c3ccc(C)cc3)o2)CCO1. The zero-order chi connectivity index (χ0) is 16.9. The molecule has 1 saturated heterocycles. The third-order valence-electron chi connectivity index (χ3n) is 4.18. The minimum absolute atomic E-state index is 0.0236. The zero-order valence-corrected chi connectivity index (χ0v) is 14.2. The van der Waals surface area contributed by atoms with E-state index in [0.29, 0.717) is 13.2 Å². The van der Waals surface area contributed by atoms with Crippen LogP contribution in [0.2, 0.25) is 0 Å². The average molecular weight is 328 g/mol. The summed E-state index contributed by atoms with van der Waals surface area (Å²) in [7, 11) is 0. The van der Waals surface area contributed by atoms with Gasteiger partial charge in [-0.3, -0.25) is 9.69 Å². The molecule has 0 spiro atoms. The monoisotopic (exact) mass is 328 g/mol. The molecule has 24 heavy (non-hydrogen) atoms. The van der Waals surface area contributed by atoms with E-state index in [1.165, 1.54) is 12.5 Å². The molecule has 1 aromatic carbocycles. The maximum Gasteiger partial charge on any atom is 0.216 e. The lowest BCUT2D eigenvalue weighted by Crippen LogP contribution is -2.46. The van der Waals surface area contributed by atoms with Crippen LogP contribution in [0.25, 0.3) is 11.3 Å². The zero-order valence-electron chi connectivity index (χ0n) is 14.2. The summed E-state index contributed by atoms with van der Waals surface area (Å²) in [5, 5.41) is 2.82. The van der Waals surface area contributed by atoms with E-state index in [-0.39, 0.29) is 12.0 Å². The topological polar surface area (TPSA) is 54.7 Å². The number of aryl methyl sites for hydroxylation is 1. The van der Waals surface area contributed by atoms with E-state index in [4.69, 9.17) is 9.15 Å². The first-order chi connectivity index (χ1) is 11.6. The maximum atomic E-state index is 11.0. The van der Waals surface area contributed by atoms with Gasteiger partial charge in [0.15, 0.2) is 0 Å². The van der Waals surface area contributed by atoms with Gasteiger partial charge in [0.05, 0.1) is 19.3 Å². The number of morpholine rings is 1.